The van der Waals surface area contributed by atoms with Crippen LogP contribution in [0.25, 0.3) is 11.0 Å². The van der Waals surface area contributed by atoms with E-state index in [9.17, 15) is 9.90 Å². The molecule has 1 unspecified atom stereocenters. The monoisotopic (exact) mass is 232 g/mol. The van der Waals surface area contributed by atoms with Crippen LogP contribution in [0.2, 0.25) is 0 Å². The topological polar surface area (TPSA) is 59.7 Å². The number of aliphatic hydroxyl groups is 1. The summed E-state index contributed by atoms with van der Waals surface area (Å²) >= 11 is 0. The predicted molar refractivity (Wildman–Crippen MR) is 62.3 cm³/mol. The maximum Gasteiger partial charge on any atom is 0.336 e. The lowest BCUT2D eigenvalue weighted by atomic mass is 10.00. The number of fused-ring (bicyclic) bond motifs is 3. The smallest absolute Gasteiger partial charge is 0.336 e. The number of hydrogen-bond acceptors (Lipinski definition) is 4. The van der Waals surface area contributed by atoms with E-state index in [1.54, 1.807) is 6.07 Å². The quantitative estimate of drug-likeness (QED) is 0.702. The Hall–Kier alpha value is -1.81. The molecular formula is C13H12O4. The number of aryl methyl sites for hydroxylation is 2. The van der Waals surface area contributed by atoms with E-state index in [0.29, 0.717) is 17.8 Å². The molecule has 2 aromatic rings. The van der Waals surface area contributed by atoms with Crippen molar-refractivity contribution in [3.05, 3.63) is 39.2 Å². The first-order valence-corrected chi connectivity index (χ1v) is 5.48. The van der Waals surface area contributed by atoms with Crippen LogP contribution in [0.5, 0.6) is 5.75 Å². The van der Waals surface area contributed by atoms with Crippen molar-refractivity contribution in [1.82, 2.24) is 0 Å². The molecule has 88 valence electrons. The van der Waals surface area contributed by atoms with Crippen LogP contribution in [-0.4, -0.2) is 11.4 Å². The zero-order chi connectivity index (χ0) is 12.2. The van der Waals surface area contributed by atoms with Crippen LogP contribution in [0.15, 0.2) is 21.3 Å². The highest BCUT2D eigenvalue weighted by molar-refractivity contribution is 5.87. The Labute approximate surface area is 97.4 Å². The van der Waals surface area contributed by atoms with Gasteiger partial charge in [0, 0.05) is 23.4 Å². The molecule has 0 amide bonds. The molecule has 4 nitrogen and oxygen atoms in total. The number of benzene rings is 1. The van der Waals surface area contributed by atoms with Crippen molar-refractivity contribution < 1.29 is 14.3 Å². The van der Waals surface area contributed by atoms with Gasteiger partial charge in [0.15, 0.2) is 0 Å². The first-order valence-electron chi connectivity index (χ1n) is 5.48. The standard InChI is InChI=1S/C13H12O4/c1-6-4-10(14)16-9-3-7(2)13-8(12(6)9)5-11(15)17-13/h3-4,11,15H,5H2,1-2H3. The molecule has 4 heteroatoms. The molecule has 2 heterocycles. The summed E-state index contributed by atoms with van der Waals surface area (Å²) in [4.78, 5) is 11.3. The summed E-state index contributed by atoms with van der Waals surface area (Å²) in [5.74, 6) is 0.710. The SMILES string of the molecule is Cc1cc2oc(=O)cc(C)c2c2c1OC(O)C2. The molecule has 17 heavy (non-hydrogen) atoms. The second kappa shape index (κ2) is 3.34. The molecule has 0 aliphatic carbocycles. The molecule has 0 saturated carbocycles. The Morgan fingerprint density at radius 3 is 2.82 bits per heavy atom. The predicted octanol–water partition coefficient (Wildman–Crippen LogP) is 1.66. The van der Waals surface area contributed by atoms with Crippen LogP contribution in [0.4, 0.5) is 0 Å². The fourth-order valence-corrected chi connectivity index (χ4v) is 2.45. The molecule has 1 aromatic carbocycles. The van der Waals surface area contributed by atoms with Gasteiger partial charge in [0.1, 0.15) is 11.3 Å². The fourth-order valence-electron chi connectivity index (χ4n) is 2.45. The molecule has 0 fully saturated rings. The molecule has 0 saturated heterocycles. The van der Waals surface area contributed by atoms with Crippen molar-refractivity contribution in [2.75, 3.05) is 0 Å². The van der Waals surface area contributed by atoms with Gasteiger partial charge in [-0.1, -0.05) is 0 Å². The first kappa shape index (κ1) is 10.4. The van der Waals surface area contributed by atoms with E-state index in [1.165, 1.54) is 6.07 Å². The molecule has 1 atom stereocenters. The molecule has 1 aliphatic heterocycles. The summed E-state index contributed by atoms with van der Waals surface area (Å²) in [6.45, 7) is 3.73. The van der Waals surface area contributed by atoms with Gasteiger partial charge in [0.05, 0.1) is 0 Å². The minimum absolute atomic E-state index is 0.353. The van der Waals surface area contributed by atoms with Gasteiger partial charge in [0.2, 0.25) is 6.29 Å². The Balaban J connectivity index is 2.46. The van der Waals surface area contributed by atoms with Crippen LogP contribution in [0.3, 0.4) is 0 Å². The van der Waals surface area contributed by atoms with E-state index < -0.39 is 6.29 Å². The van der Waals surface area contributed by atoms with Gasteiger partial charge in [-0.2, -0.15) is 0 Å². The second-order valence-electron chi connectivity index (χ2n) is 4.40. The van der Waals surface area contributed by atoms with Gasteiger partial charge in [-0.3, -0.25) is 0 Å². The van der Waals surface area contributed by atoms with Gasteiger partial charge in [-0.25, -0.2) is 4.79 Å². The number of ether oxygens (including phenoxy) is 1. The minimum Gasteiger partial charge on any atom is -0.464 e. The van der Waals surface area contributed by atoms with Crippen LogP contribution in [0.1, 0.15) is 16.7 Å². The fraction of sp³-hybridized carbons (Fsp3) is 0.308. The third-order valence-corrected chi connectivity index (χ3v) is 3.10. The lowest BCUT2D eigenvalue weighted by Crippen LogP contribution is -2.10. The van der Waals surface area contributed by atoms with Gasteiger partial charge in [0.25, 0.3) is 0 Å². The summed E-state index contributed by atoms with van der Waals surface area (Å²) in [6, 6.07) is 3.24. The summed E-state index contributed by atoms with van der Waals surface area (Å²) in [6.07, 6.45) is -0.372. The number of rotatable bonds is 0. The van der Waals surface area contributed by atoms with E-state index in [0.717, 1.165) is 22.1 Å². The normalized spacial score (nSPS) is 18.2. The zero-order valence-corrected chi connectivity index (χ0v) is 9.61. The van der Waals surface area contributed by atoms with Crippen LogP contribution >= 0.6 is 0 Å². The van der Waals surface area contributed by atoms with Crippen molar-refractivity contribution in [2.24, 2.45) is 0 Å². The summed E-state index contributed by atoms with van der Waals surface area (Å²) in [5.41, 5.74) is 2.86. The number of aliphatic hydroxyl groups excluding tert-OH is 1. The van der Waals surface area contributed by atoms with E-state index >= 15 is 0 Å². The highest BCUT2D eigenvalue weighted by Gasteiger charge is 2.26. The molecule has 0 radical (unpaired) electrons. The highest BCUT2D eigenvalue weighted by Crippen LogP contribution is 2.38. The largest absolute Gasteiger partial charge is 0.464 e. The Morgan fingerprint density at radius 2 is 2.06 bits per heavy atom. The van der Waals surface area contributed by atoms with E-state index in [2.05, 4.69) is 0 Å². The van der Waals surface area contributed by atoms with Gasteiger partial charge < -0.3 is 14.3 Å². The zero-order valence-electron chi connectivity index (χ0n) is 9.61. The van der Waals surface area contributed by atoms with Crippen LogP contribution in [-0.2, 0) is 6.42 Å². The Morgan fingerprint density at radius 1 is 1.29 bits per heavy atom. The van der Waals surface area contributed by atoms with Crippen molar-refractivity contribution in [1.29, 1.82) is 0 Å². The van der Waals surface area contributed by atoms with E-state index in [4.69, 9.17) is 9.15 Å². The van der Waals surface area contributed by atoms with Crippen molar-refractivity contribution in [3.8, 4) is 5.75 Å². The summed E-state index contributed by atoms with van der Waals surface area (Å²) in [5, 5.41) is 10.4. The van der Waals surface area contributed by atoms with Gasteiger partial charge in [-0.15, -0.1) is 0 Å². The van der Waals surface area contributed by atoms with Crippen LogP contribution < -0.4 is 10.4 Å². The van der Waals surface area contributed by atoms with Gasteiger partial charge in [-0.05, 0) is 31.0 Å². The highest BCUT2D eigenvalue weighted by atomic mass is 16.6. The molecule has 1 aromatic heterocycles. The average Bonchev–Trinajstić information content (AvgIpc) is 2.58. The Kier molecular flexibility index (Phi) is 2.03. The maximum absolute atomic E-state index is 11.3. The van der Waals surface area contributed by atoms with Crippen molar-refractivity contribution >= 4 is 11.0 Å². The average molecular weight is 232 g/mol. The van der Waals surface area contributed by atoms with Crippen LogP contribution in [0, 0.1) is 13.8 Å². The van der Waals surface area contributed by atoms with E-state index in [-0.39, 0.29) is 5.63 Å². The molecule has 0 bridgehead atoms. The van der Waals surface area contributed by atoms with Gasteiger partial charge >= 0.3 is 5.63 Å². The molecular weight excluding hydrogens is 220 g/mol. The third-order valence-electron chi connectivity index (χ3n) is 3.10. The lowest BCUT2D eigenvalue weighted by molar-refractivity contribution is 0.00178. The second-order valence-corrected chi connectivity index (χ2v) is 4.40. The Bertz CT molecular complexity index is 669. The first-order chi connectivity index (χ1) is 8.06. The van der Waals surface area contributed by atoms with Crippen molar-refractivity contribution in [2.45, 2.75) is 26.6 Å². The van der Waals surface area contributed by atoms with E-state index in [1.807, 2.05) is 13.8 Å². The maximum atomic E-state index is 11.3. The molecule has 3 rings (SSSR count). The summed E-state index contributed by atoms with van der Waals surface area (Å²) < 4.78 is 10.6. The van der Waals surface area contributed by atoms with Crippen molar-refractivity contribution in [3.63, 3.8) is 0 Å². The molecule has 1 aliphatic rings. The number of hydrogen-bond donors (Lipinski definition) is 1. The lowest BCUT2D eigenvalue weighted by Gasteiger charge is -2.08. The summed E-state index contributed by atoms with van der Waals surface area (Å²) in [7, 11) is 0. The molecule has 0 spiro atoms. The minimum atomic E-state index is -0.805. The third kappa shape index (κ3) is 1.45. The molecule has 1 N–H and O–H groups in total.